The summed E-state index contributed by atoms with van der Waals surface area (Å²) in [5.41, 5.74) is 0.552. The van der Waals surface area contributed by atoms with E-state index in [0.29, 0.717) is 9.78 Å². The van der Waals surface area contributed by atoms with E-state index in [1.807, 2.05) is 60.7 Å². The van der Waals surface area contributed by atoms with E-state index in [2.05, 4.69) is 57.7 Å². The first-order valence-electron chi connectivity index (χ1n) is 11.0. The van der Waals surface area contributed by atoms with Crippen molar-refractivity contribution >= 4 is 51.1 Å². The average molecular weight is 544 g/mol. The summed E-state index contributed by atoms with van der Waals surface area (Å²) in [5, 5.41) is 5.99. The molecule has 0 atom stereocenters. The summed E-state index contributed by atoms with van der Waals surface area (Å²) >= 11 is 3.20. The molecule has 0 spiro atoms. The zero-order chi connectivity index (χ0) is 24.7. The average Bonchev–Trinajstić information content (AvgIpc) is 2.94. The number of esters is 1. The number of nitrogens with one attached hydrogen (secondary N) is 1. The van der Waals surface area contributed by atoms with Crippen molar-refractivity contribution in [2.24, 2.45) is 0 Å². The van der Waals surface area contributed by atoms with Crippen LogP contribution in [0.15, 0.2) is 131 Å². The van der Waals surface area contributed by atoms with E-state index >= 15 is 0 Å². The van der Waals surface area contributed by atoms with Crippen molar-refractivity contribution in [2.45, 2.75) is 0 Å². The minimum atomic E-state index is -2.61. The van der Waals surface area contributed by atoms with Crippen LogP contribution in [0.4, 0.5) is 0 Å². The number of benzene rings is 4. The van der Waals surface area contributed by atoms with Gasteiger partial charge in [0.1, 0.15) is 0 Å². The minimum absolute atomic E-state index is 0.103. The van der Waals surface area contributed by atoms with Crippen molar-refractivity contribution < 1.29 is 14.3 Å². The zero-order valence-corrected chi connectivity index (χ0v) is 21.7. The van der Waals surface area contributed by atoms with Crippen LogP contribution in [0.2, 0.25) is 0 Å². The summed E-state index contributed by atoms with van der Waals surface area (Å²) in [6, 6.07) is 39.1. The molecule has 4 nitrogen and oxygen atoms in total. The fraction of sp³-hybridized carbons (Fsp3) is 0.0345. The van der Waals surface area contributed by atoms with Gasteiger partial charge in [-0.1, -0.05) is 0 Å². The number of rotatable bonds is 7. The second-order valence-corrected chi connectivity index (χ2v) is 12.5. The quantitative estimate of drug-likeness (QED) is 0.166. The van der Waals surface area contributed by atoms with E-state index in [9.17, 15) is 9.59 Å². The molecule has 0 saturated heterocycles. The van der Waals surface area contributed by atoms with Gasteiger partial charge >= 0.3 is 215 Å². The molecule has 0 bridgehead atoms. The molecule has 0 heterocycles. The molecule has 0 radical (unpaired) electrons. The Morgan fingerprint density at radius 1 is 0.657 bits per heavy atom. The van der Waals surface area contributed by atoms with Gasteiger partial charge in [0.25, 0.3) is 0 Å². The third-order valence-electron chi connectivity index (χ3n) is 5.61. The van der Waals surface area contributed by atoms with Crippen LogP contribution in [-0.4, -0.2) is 35.0 Å². The van der Waals surface area contributed by atoms with Crippen molar-refractivity contribution in [1.29, 1.82) is 0 Å². The van der Waals surface area contributed by atoms with Crippen LogP contribution in [0, 0.1) is 0 Å². The van der Waals surface area contributed by atoms with Crippen molar-refractivity contribution in [3.05, 3.63) is 137 Å². The van der Waals surface area contributed by atoms with E-state index in [-0.39, 0.29) is 11.6 Å². The number of ether oxygens (including phenoxy) is 1. The van der Waals surface area contributed by atoms with Crippen molar-refractivity contribution in [2.75, 3.05) is 7.11 Å². The number of amides is 1. The summed E-state index contributed by atoms with van der Waals surface area (Å²) in [6.45, 7) is 0. The molecule has 6 heteroatoms. The van der Waals surface area contributed by atoms with Crippen molar-refractivity contribution in [3.8, 4) is 0 Å². The Balaban J connectivity index is 2.04. The Kier molecular flexibility index (Phi) is 7.94. The Hall–Kier alpha value is -3.49. The fourth-order valence-electron chi connectivity index (χ4n) is 3.99. The number of hydrogen-bond acceptors (Lipinski definition) is 3. The van der Waals surface area contributed by atoms with Gasteiger partial charge in [-0.2, -0.15) is 0 Å². The van der Waals surface area contributed by atoms with Gasteiger partial charge < -0.3 is 0 Å². The third kappa shape index (κ3) is 4.99. The topological polar surface area (TPSA) is 55.4 Å². The number of hydrogen-bond donors (Lipinski definition) is 1. The molecule has 0 aromatic heterocycles. The van der Waals surface area contributed by atoms with E-state index < -0.39 is 13.2 Å². The Bertz CT molecular complexity index is 1230. The molecule has 174 valence electrons. The van der Waals surface area contributed by atoms with Crippen LogP contribution in [0.5, 0.6) is 0 Å². The SMILES string of the molecule is COC(=O)/C(NC(=O)c1ccccc1)=C(/[Se-])[P+](c1ccccc1)(c1ccccc1)c1ccccc1. The molecule has 1 N–H and O–H groups in total. The van der Waals surface area contributed by atoms with Gasteiger partial charge in [-0.05, 0) is 0 Å². The molecule has 0 aliphatic rings. The molecule has 0 saturated carbocycles. The molecular formula is C29H24NO3PSe. The first-order valence-corrected chi connectivity index (χ1v) is 13.7. The van der Waals surface area contributed by atoms with Gasteiger partial charge in [0.15, 0.2) is 0 Å². The Labute approximate surface area is 214 Å². The van der Waals surface area contributed by atoms with Gasteiger partial charge in [-0.25, -0.2) is 0 Å². The Morgan fingerprint density at radius 2 is 1.03 bits per heavy atom. The molecular weight excluding hydrogens is 520 g/mol. The van der Waals surface area contributed by atoms with Crippen LogP contribution in [0.1, 0.15) is 10.4 Å². The summed E-state index contributed by atoms with van der Waals surface area (Å²) in [5.74, 6) is -0.999. The third-order valence-corrected chi connectivity index (χ3v) is 11.8. The normalized spacial score (nSPS) is 11.8. The summed E-state index contributed by atoms with van der Waals surface area (Å²) in [7, 11) is -1.29. The molecule has 4 rings (SSSR count). The standard InChI is InChI=1S/C29H24NO3PSe/c1-33-28(32)26(30-27(31)22-14-6-2-7-15-22)29(35)34(23-16-8-3-9-17-23,24-18-10-4-11-19-24)25-20-12-5-13-21-25/h2-21H,1H3,(H-,30,31,32,35). The maximum absolute atomic E-state index is 13.2. The fourth-order valence-corrected chi connectivity index (χ4v) is 10.2. The van der Waals surface area contributed by atoms with Gasteiger partial charge in [0.2, 0.25) is 0 Å². The summed E-state index contributed by atoms with van der Waals surface area (Å²) < 4.78 is 5.80. The predicted octanol–water partition coefficient (Wildman–Crippen LogP) is 3.92. The summed E-state index contributed by atoms with van der Waals surface area (Å²) in [6.07, 6.45) is 0. The van der Waals surface area contributed by atoms with Crippen LogP contribution in [0.25, 0.3) is 0 Å². The van der Waals surface area contributed by atoms with E-state index in [1.54, 1.807) is 24.3 Å². The van der Waals surface area contributed by atoms with Gasteiger partial charge in [0, 0.05) is 0 Å². The predicted molar refractivity (Wildman–Crippen MR) is 144 cm³/mol. The van der Waals surface area contributed by atoms with E-state index in [1.165, 1.54) is 7.11 Å². The molecule has 0 aliphatic heterocycles. The van der Waals surface area contributed by atoms with Gasteiger partial charge in [-0.15, -0.1) is 0 Å². The van der Waals surface area contributed by atoms with Crippen LogP contribution >= 0.6 is 7.26 Å². The van der Waals surface area contributed by atoms with E-state index in [0.717, 1.165) is 15.9 Å². The molecule has 1 amide bonds. The first kappa shape index (κ1) is 24.6. The van der Waals surface area contributed by atoms with E-state index in [4.69, 9.17) is 4.74 Å². The van der Waals surface area contributed by atoms with Gasteiger partial charge in [-0.3, -0.25) is 0 Å². The van der Waals surface area contributed by atoms with Crippen molar-refractivity contribution in [3.63, 3.8) is 0 Å². The number of carbonyl (C=O) groups excluding carboxylic acids is 2. The zero-order valence-electron chi connectivity index (χ0n) is 19.1. The van der Waals surface area contributed by atoms with Crippen LogP contribution < -0.4 is 21.2 Å². The molecule has 0 fully saturated rings. The number of methoxy groups -OCH3 is 1. The van der Waals surface area contributed by atoms with Crippen LogP contribution in [-0.2, 0) is 9.53 Å². The first-order chi connectivity index (χ1) is 17.1. The van der Waals surface area contributed by atoms with Gasteiger partial charge in [0.05, 0.1) is 0 Å². The van der Waals surface area contributed by atoms with Crippen LogP contribution in [0.3, 0.4) is 0 Å². The monoisotopic (exact) mass is 545 g/mol. The molecule has 0 unspecified atom stereocenters. The second kappa shape index (κ2) is 11.3. The molecule has 0 aliphatic carbocycles. The molecule has 4 aromatic rings. The van der Waals surface area contributed by atoms with Crippen molar-refractivity contribution in [1.82, 2.24) is 5.32 Å². The maximum atomic E-state index is 13.2. The molecule has 4 aromatic carbocycles. The molecule has 35 heavy (non-hydrogen) atoms. The Morgan fingerprint density at radius 3 is 1.40 bits per heavy atom. The number of carbonyl (C=O) groups is 2. The summed E-state index contributed by atoms with van der Waals surface area (Å²) in [4.78, 5) is 26.3. The second-order valence-electron chi connectivity index (χ2n) is 7.67.